The van der Waals surface area contributed by atoms with E-state index in [2.05, 4.69) is 13.8 Å². The largest absolute Gasteiger partial charge is 0.497 e. The molecule has 3 heteroatoms. The molecular weight excluding hydrogens is 238 g/mol. The lowest BCUT2D eigenvalue weighted by Gasteiger charge is -2.19. The summed E-state index contributed by atoms with van der Waals surface area (Å²) < 4.78 is 5.16. The minimum atomic E-state index is 0.0755. The van der Waals surface area contributed by atoms with Gasteiger partial charge in [0.2, 0.25) is 5.91 Å². The Balaban J connectivity index is 2.70. The quantitative estimate of drug-likeness (QED) is 0.704. The van der Waals surface area contributed by atoms with Crippen molar-refractivity contribution in [3.63, 3.8) is 0 Å². The maximum atomic E-state index is 12.1. The van der Waals surface area contributed by atoms with Crippen molar-refractivity contribution in [1.82, 2.24) is 4.90 Å². The van der Waals surface area contributed by atoms with Crippen molar-refractivity contribution in [2.75, 3.05) is 20.2 Å². The highest BCUT2D eigenvalue weighted by molar-refractivity contribution is 5.91. The summed E-state index contributed by atoms with van der Waals surface area (Å²) in [6.45, 7) is 5.80. The molecule has 0 atom stereocenters. The second-order valence-electron chi connectivity index (χ2n) is 4.44. The van der Waals surface area contributed by atoms with Crippen molar-refractivity contribution >= 4 is 12.0 Å². The number of nitrogens with zero attached hydrogens (tertiary/aromatic N) is 1. The first kappa shape index (κ1) is 15.3. The monoisotopic (exact) mass is 261 g/mol. The minimum Gasteiger partial charge on any atom is -0.497 e. The Kier molecular flexibility index (Phi) is 6.72. The zero-order valence-corrected chi connectivity index (χ0v) is 12.1. The maximum Gasteiger partial charge on any atom is 0.246 e. The van der Waals surface area contributed by atoms with Crippen LogP contribution in [0.25, 0.3) is 6.08 Å². The number of ether oxygens (including phenoxy) is 1. The zero-order chi connectivity index (χ0) is 14.1. The molecule has 0 saturated carbocycles. The van der Waals surface area contributed by atoms with Gasteiger partial charge in [0.1, 0.15) is 5.75 Å². The van der Waals surface area contributed by atoms with Crippen LogP contribution in [0.2, 0.25) is 0 Å². The van der Waals surface area contributed by atoms with E-state index in [1.165, 1.54) is 0 Å². The van der Waals surface area contributed by atoms with Gasteiger partial charge in [-0.1, -0.05) is 26.0 Å². The van der Waals surface area contributed by atoms with Gasteiger partial charge in [-0.2, -0.15) is 0 Å². The van der Waals surface area contributed by atoms with Crippen LogP contribution in [0.4, 0.5) is 0 Å². The molecule has 1 amide bonds. The summed E-state index contributed by atoms with van der Waals surface area (Å²) in [5.41, 5.74) is 0.973. The average molecular weight is 261 g/mol. The van der Waals surface area contributed by atoms with E-state index in [0.29, 0.717) is 0 Å². The van der Waals surface area contributed by atoms with Crippen molar-refractivity contribution in [2.24, 2.45) is 0 Å². The van der Waals surface area contributed by atoms with Gasteiger partial charge in [-0.15, -0.1) is 0 Å². The summed E-state index contributed by atoms with van der Waals surface area (Å²) in [4.78, 5) is 13.9. The fourth-order valence-corrected chi connectivity index (χ4v) is 1.89. The van der Waals surface area contributed by atoms with Crippen molar-refractivity contribution in [3.05, 3.63) is 35.9 Å². The molecule has 0 aromatic heterocycles. The lowest BCUT2D eigenvalue weighted by molar-refractivity contribution is -0.126. The first-order valence-electron chi connectivity index (χ1n) is 6.82. The van der Waals surface area contributed by atoms with E-state index >= 15 is 0 Å². The molecule has 0 spiro atoms. The van der Waals surface area contributed by atoms with E-state index in [9.17, 15) is 4.79 Å². The van der Waals surface area contributed by atoms with Crippen LogP contribution in [0.3, 0.4) is 0 Å². The second-order valence-corrected chi connectivity index (χ2v) is 4.44. The van der Waals surface area contributed by atoms with E-state index in [1.54, 1.807) is 13.2 Å². The van der Waals surface area contributed by atoms with Gasteiger partial charge >= 0.3 is 0 Å². The molecule has 19 heavy (non-hydrogen) atoms. The summed E-state index contributed by atoms with van der Waals surface area (Å²) in [6.07, 6.45) is 5.45. The standard InChI is InChI=1S/C16H23NO2/c1-4-11-17(12-5-2)16(18)10-9-14-7-6-8-15(13-14)19-3/h6-10,13H,4-5,11-12H2,1-3H3/b10-9+. The van der Waals surface area contributed by atoms with E-state index in [-0.39, 0.29) is 5.91 Å². The Bertz CT molecular complexity index is 421. The molecule has 0 bridgehead atoms. The van der Waals surface area contributed by atoms with E-state index < -0.39 is 0 Å². The zero-order valence-electron chi connectivity index (χ0n) is 12.1. The van der Waals surface area contributed by atoms with Crippen LogP contribution in [0.5, 0.6) is 5.75 Å². The summed E-state index contributed by atoms with van der Waals surface area (Å²) in [5.74, 6) is 0.875. The van der Waals surface area contributed by atoms with E-state index in [4.69, 9.17) is 4.74 Å². The third-order valence-electron chi connectivity index (χ3n) is 2.81. The Morgan fingerprint density at radius 3 is 2.53 bits per heavy atom. The van der Waals surface area contributed by atoms with Crippen LogP contribution in [0.15, 0.2) is 30.3 Å². The van der Waals surface area contributed by atoms with Gasteiger partial charge in [0.15, 0.2) is 0 Å². The SMILES string of the molecule is CCCN(CCC)C(=O)/C=C/c1cccc(OC)c1. The van der Waals surface area contributed by atoms with Gasteiger partial charge in [0.25, 0.3) is 0 Å². The van der Waals surface area contributed by atoms with Gasteiger partial charge in [0, 0.05) is 19.2 Å². The van der Waals surface area contributed by atoms with Crippen LogP contribution < -0.4 is 4.74 Å². The summed E-state index contributed by atoms with van der Waals surface area (Å²) in [7, 11) is 1.64. The molecular formula is C16H23NO2. The maximum absolute atomic E-state index is 12.1. The van der Waals surface area contributed by atoms with Gasteiger partial charge in [-0.25, -0.2) is 0 Å². The van der Waals surface area contributed by atoms with Crippen LogP contribution in [0.1, 0.15) is 32.3 Å². The van der Waals surface area contributed by atoms with Gasteiger partial charge in [-0.05, 0) is 36.6 Å². The van der Waals surface area contributed by atoms with Crippen LogP contribution in [0, 0.1) is 0 Å². The first-order chi connectivity index (χ1) is 9.21. The molecule has 0 heterocycles. The highest BCUT2D eigenvalue weighted by Crippen LogP contribution is 2.13. The number of hydrogen-bond donors (Lipinski definition) is 0. The first-order valence-corrected chi connectivity index (χ1v) is 6.82. The van der Waals surface area contributed by atoms with Gasteiger partial charge in [0.05, 0.1) is 7.11 Å². The molecule has 0 saturated heterocycles. The third-order valence-corrected chi connectivity index (χ3v) is 2.81. The molecule has 0 N–H and O–H groups in total. The molecule has 0 fully saturated rings. The molecule has 0 aliphatic rings. The van der Waals surface area contributed by atoms with E-state index in [0.717, 1.165) is 37.2 Å². The number of rotatable bonds is 7. The van der Waals surface area contributed by atoms with Gasteiger partial charge in [-0.3, -0.25) is 4.79 Å². The smallest absolute Gasteiger partial charge is 0.246 e. The minimum absolute atomic E-state index is 0.0755. The number of carbonyl (C=O) groups excluding carboxylic acids is 1. The Labute approximate surface area is 115 Å². The predicted molar refractivity (Wildman–Crippen MR) is 79.2 cm³/mol. The molecule has 1 rings (SSSR count). The third kappa shape index (κ3) is 5.16. The van der Waals surface area contributed by atoms with Crippen molar-refractivity contribution in [2.45, 2.75) is 26.7 Å². The molecule has 0 aliphatic carbocycles. The summed E-state index contributed by atoms with van der Waals surface area (Å²) in [5, 5.41) is 0. The topological polar surface area (TPSA) is 29.5 Å². The summed E-state index contributed by atoms with van der Waals surface area (Å²) >= 11 is 0. The second kappa shape index (κ2) is 8.35. The molecule has 1 aromatic rings. The average Bonchev–Trinajstić information content (AvgIpc) is 2.44. The lowest BCUT2D eigenvalue weighted by Crippen LogP contribution is -2.30. The Morgan fingerprint density at radius 1 is 1.26 bits per heavy atom. The number of methoxy groups -OCH3 is 1. The highest BCUT2D eigenvalue weighted by atomic mass is 16.5. The molecule has 0 aliphatic heterocycles. The highest BCUT2D eigenvalue weighted by Gasteiger charge is 2.07. The predicted octanol–water partition coefficient (Wildman–Crippen LogP) is 3.36. The van der Waals surface area contributed by atoms with Crippen molar-refractivity contribution in [3.8, 4) is 5.75 Å². The number of benzene rings is 1. The number of carbonyl (C=O) groups is 1. The molecule has 3 nitrogen and oxygen atoms in total. The Hall–Kier alpha value is -1.77. The molecule has 104 valence electrons. The molecule has 0 radical (unpaired) electrons. The van der Waals surface area contributed by atoms with Gasteiger partial charge < -0.3 is 9.64 Å². The molecule has 1 aromatic carbocycles. The van der Waals surface area contributed by atoms with E-state index in [1.807, 2.05) is 35.2 Å². The fourth-order valence-electron chi connectivity index (χ4n) is 1.89. The summed E-state index contributed by atoms with van der Waals surface area (Å²) in [6, 6.07) is 7.67. The molecule has 0 unspecified atom stereocenters. The normalized spacial score (nSPS) is 10.7. The van der Waals surface area contributed by atoms with Crippen LogP contribution >= 0.6 is 0 Å². The fraction of sp³-hybridized carbons (Fsp3) is 0.438. The van der Waals surface area contributed by atoms with Crippen LogP contribution in [-0.2, 0) is 4.79 Å². The Morgan fingerprint density at radius 2 is 1.95 bits per heavy atom. The van der Waals surface area contributed by atoms with Crippen LogP contribution in [-0.4, -0.2) is 31.0 Å². The van der Waals surface area contributed by atoms with Crippen molar-refractivity contribution in [1.29, 1.82) is 0 Å². The van der Waals surface area contributed by atoms with Crippen molar-refractivity contribution < 1.29 is 9.53 Å². The lowest BCUT2D eigenvalue weighted by atomic mass is 10.2. The number of hydrogen-bond acceptors (Lipinski definition) is 2. The number of amides is 1.